The molecule has 0 spiro atoms. The topological polar surface area (TPSA) is 34.1 Å². The second-order valence-electron chi connectivity index (χ2n) is 6.18. The maximum atomic E-state index is 14.5. The average molecular weight is 272 g/mol. The zero-order valence-electron chi connectivity index (χ0n) is 11.2. The van der Waals surface area contributed by atoms with Gasteiger partial charge in [0.25, 0.3) is 5.92 Å². The van der Waals surface area contributed by atoms with Crippen LogP contribution in [-0.2, 0) is 9.59 Å². The SMILES string of the molecule is O=CC1CCC(C(F)(F)C2CCCC(C=O)C2)CC1. The Balaban J connectivity index is 1.97. The smallest absolute Gasteiger partial charge is 0.253 e. The minimum Gasteiger partial charge on any atom is -0.303 e. The van der Waals surface area contributed by atoms with Crippen molar-refractivity contribution in [3.8, 4) is 0 Å². The van der Waals surface area contributed by atoms with Crippen LogP contribution in [-0.4, -0.2) is 18.5 Å². The fourth-order valence-electron chi connectivity index (χ4n) is 3.67. The number of carbonyl (C=O) groups excluding carboxylic acids is 2. The van der Waals surface area contributed by atoms with Crippen molar-refractivity contribution in [2.75, 3.05) is 0 Å². The van der Waals surface area contributed by atoms with Crippen molar-refractivity contribution in [2.24, 2.45) is 23.7 Å². The highest BCUT2D eigenvalue weighted by Gasteiger charge is 2.48. The minimum atomic E-state index is -2.67. The number of carbonyl (C=O) groups is 2. The third kappa shape index (κ3) is 3.21. The van der Waals surface area contributed by atoms with Crippen LogP contribution in [0.15, 0.2) is 0 Å². The molecule has 2 atom stereocenters. The van der Waals surface area contributed by atoms with Gasteiger partial charge in [0.2, 0.25) is 0 Å². The summed E-state index contributed by atoms with van der Waals surface area (Å²) in [4.78, 5) is 21.5. The number of rotatable bonds is 4. The fraction of sp³-hybridized carbons (Fsp3) is 0.867. The molecule has 108 valence electrons. The van der Waals surface area contributed by atoms with Gasteiger partial charge in [-0.3, -0.25) is 0 Å². The van der Waals surface area contributed by atoms with Crippen molar-refractivity contribution >= 4 is 12.6 Å². The summed E-state index contributed by atoms with van der Waals surface area (Å²) in [6, 6.07) is 0. The maximum absolute atomic E-state index is 14.5. The second kappa shape index (κ2) is 6.10. The first-order valence-corrected chi connectivity index (χ1v) is 7.36. The predicted octanol–water partition coefficient (Wildman–Crippen LogP) is 3.63. The number of halogens is 2. The van der Waals surface area contributed by atoms with Gasteiger partial charge in [-0.2, -0.15) is 0 Å². The number of hydrogen-bond acceptors (Lipinski definition) is 2. The van der Waals surface area contributed by atoms with E-state index in [-0.39, 0.29) is 11.8 Å². The summed E-state index contributed by atoms with van der Waals surface area (Å²) in [5.41, 5.74) is 0. The predicted molar refractivity (Wildman–Crippen MR) is 68.0 cm³/mol. The molecular formula is C15H22F2O2. The molecule has 19 heavy (non-hydrogen) atoms. The Kier molecular flexibility index (Phi) is 4.69. The van der Waals surface area contributed by atoms with E-state index in [2.05, 4.69) is 0 Å². The summed E-state index contributed by atoms with van der Waals surface area (Å²) in [5, 5.41) is 0. The van der Waals surface area contributed by atoms with Gasteiger partial charge in [-0.25, -0.2) is 8.78 Å². The molecule has 0 bridgehead atoms. The molecular weight excluding hydrogens is 250 g/mol. The largest absolute Gasteiger partial charge is 0.303 e. The molecule has 0 radical (unpaired) electrons. The Hall–Kier alpha value is -0.800. The van der Waals surface area contributed by atoms with Gasteiger partial charge in [-0.05, 0) is 44.9 Å². The molecule has 0 aromatic heterocycles. The Labute approximate surface area is 112 Å². The average Bonchev–Trinajstić information content (AvgIpc) is 2.47. The molecule has 0 aliphatic heterocycles. The molecule has 2 rings (SSSR count). The van der Waals surface area contributed by atoms with Gasteiger partial charge in [0, 0.05) is 23.7 Å². The van der Waals surface area contributed by atoms with Crippen LogP contribution in [0.4, 0.5) is 8.78 Å². The van der Waals surface area contributed by atoms with E-state index in [1.54, 1.807) is 0 Å². The number of alkyl halides is 2. The first kappa shape index (κ1) is 14.6. The zero-order valence-corrected chi connectivity index (χ0v) is 11.2. The van der Waals surface area contributed by atoms with Crippen molar-refractivity contribution in [3.05, 3.63) is 0 Å². The molecule has 0 saturated heterocycles. The maximum Gasteiger partial charge on any atom is 0.253 e. The number of hydrogen-bond donors (Lipinski definition) is 0. The van der Waals surface area contributed by atoms with E-state index in [1.165, 1.54) is 0 Å². The highest BCUT2D eigenvalue weighted by molar-refractivity contribution is 5.54. The lowest BCUT2D eigenvalue weighted by Crippen LogP contribution is -2.41. The van der Waals surface area contributed by atoms with Gasteiger partial charge in [0.1, 0.15) is 12.6 Å². The molecule has 0 amide bonds. The third-order valence-corrected chi connectivity index (χ3v) is 4.96. The van der Waals surface area contributed by atoms with Crippen molar-refractivity contribution in [1.29, 1.82) is 0 Å². The van der Waals surface area contributed by atoms with E-state index in [1.807, 2.05) is 0 Å². The highest BCUT2D eigenvalue weighted by atomic mass is 19.3. The van der Waals surface area contributed by atoms with E-state index in [4.69, 9.17) is 0 Å². The van der Waals surface area contributed by atoms with Crippen LogP contribution in [0.3, 0.4) is 0 Å². The van der Waals surface area contributed by atoms with Crippen LogP contribution in [0.25, 0.3) is 0 Å². The summed E-state index contributed by atoms with van der Waals surface area (Å²) >= 11 is 0. The van der Waals surface area contributed by atoms with Gasteiger partial charge in [-0.15, -0.1) is 0 Å². The van der Waals surface area contributed by atoms with E-state index >= 15 is 0 Å². The van der Waals surface area contributed by atoms with Crippen LogP contribution in [0.2, 0.25) is 0 Å². The van der Waals surface area contributed by atoms with Crippen molar-refractivity contribution < 1.29 is 18.4 Å². The Morgan fingerprint density at radius 1 is 0.789 bits per heavy atom. The summed E-state index contributed by atoms with van der Waals surface area (Å²) in [7, 11) is 0. The van der Waals surface area contributed by atoms with Crippen LogP contribution in [0.5, 0.6) is 0 Å². The molecule has 2 aliphatic rings. The summed E-state index contributed by atoms with van der Waals surface area (Å²) < 4.78 is 29.1. The standard InChI is InChI=1S/C15H22F2O2/c16-15(17,13-6-4-11(9-18)5-7-13)14-3-1-2-12(8-14)10-19/h9-14H,1-8H2. The molecule has 2 aliphatic carbocycles. The lowest BCUT2D eigenvalue weighted by Gasteiger charge is -2.39. The van der Waals surface area contributed by atoms with Crippen LogP contribution in [0, 0.1) is 23.7 Å². The molecule has 2 nitrogen and oxygen atoms in total. The molecule has 0 heterocycles. The molecule has 2 unspecified atom stereocenters. The Bertz CT molecular complexity index is 322. The van der Waals surface area contributed by atoms with Gasteiger partial charge < -0.3 is 9.59 Å². The Morgan fingerprint density at radius 2 is 1.42 bits per heavy atom. The van der Waals surface area contributed by atoms with Crippen molar-refractivity contribution in [1.82, 2.24) is 0 Å². The summed E-state index contributed by atoms with van der Waals surface area (Å²) in [6.07, 6.45) is 6.16. The quantitative estimate of drug-likeness (QED) is 0.732. The Morgan fingerprint density at radius 3 is 2.00 bits per heavy atom. The van der Waals surface area contributed by atoms with E-state index < -0.39 is 17.8 Å². The van der Waals surface area contributed by atoms with Gasteiger partial charge in [-0.1, -0.05) is 6.42 Å². The normalized spacial score (nSPS) is 36.7. The molecule has 4 heteroatoms. The molecule has 0 aromatic carbocycles. The van der Waals surface area contributed by atoms with E-state index in [0.717, 1.165) is 25.4 Å². The van der Waals surface area contributed by atoms with Crippen LogP contribution >= 0.6 is 0 Å². The molecule has 0 N–H and O–H groups in total. The van der Waals surface area contributed by atoms with Gasteiger partial charge in [0.15, 0.2) is 0 Å². The van der Waals surface area contributed by atoms with Crippen LogP contribution in [0.1, 0.15) is 51.4 Å². The first-order valence-electron chi connectivity index (χ1n) is 7.36. The highest BCUT2D eigenvalue weighted by Crippen LogP contribution is 2.47. The van der Waals surface area contributed by atoms with Crippen LogP contribution < -0.4 is 0 Å². The van der Waals surface area contributed by atoms with Crippen molar-refractivity contribution in [3.63, 3.8) is 0 Å². The lowest BCUT2D eigenvalue weighted by atomic mass is 9.70. The monoisotopic (exact) mass is 272 g/mol. The van der Waals surface area contributed by atoms with E-state index in [0.29, 0.717) is 38.5 Å². The van der Waals surface area contributed by atoms with Crippen molar-refractivity contribution in [2.45, 2.75) is 57.3 Å². The zero-order chi connectivity index (χ0) is 13.9. The minimum absolute atomic E-state index is 0.0267. The fourth-order valence-corrected chi connectivity index (χ4v) is 3.67. The molecule has 2 saturated carbocycles. The van der Waals surface area contributed by atoms with Gasteiger partial charge >= 0.3 is 0 Å². The number of aldehydes is 2. The summed E-state index contributed by atoms with van der Waals surface area (Å²) in [5.74, 6) is -4.12. The third-order valence-electron chi connectivity index (χ3n) is 4.96. The second-order valence-corrected chi connectivity index (χ2v) is 6.18. The molecule has 0 aromatic rings. The lowest BCUT2D eigenvalue weighted by molar-refractivity contribution is -0.140. The summed E-state index contributed by atoms with van der Waals surface area (Å²) in [6.45, 7) is 0. The van der Waals surface area contributed by atoms with E-state index in [9.17, 15) is 18.4 Å². The first-order chi connectivity index (χ1) is 9.07. The van der Waals surface area contributed by atoms with Gasteiger partial charge in [0.05, 0.1) is 0 Å². The molecule has 2 fully saturated rings.